The van der Waals surface area contributed by atoms with Crippen LogP contribution in [0.15, 0.2) is 40.9 Å². The number of hydrogen-bond acceptors (Lipinski definition) is 4. The van der Waals surface area contributed by atoms with Gasteiger partial charge in [0, 0.05) is 4.47 Å². The quantitative estimate of drug-likeness (QED) is 0.787. The van der Waals surface area contributed by atoms with E-state index in [9.17, 15) is 10.2 Å². The summed E-state index contributed by atoms with van der Waals surface area (Å²) in [5.74, 6) is 0.799. The first-order chi connectivity index (χ1) is 9.52. The van der Waals surface area contributed by atoms with Gasteiger partial charge in [0.2, 0.25) is 0 Å². The number of halogens is 1. The molecule has 2 rings (SSSR count). The Hall–Kier alpha value is -1.88. The molecule has 1 atom stereocenters. The number of rotatable bonds is 4. The van der Waals surface area contributed by atoms with Crippen molar-refractivity contribution in [2.75, 3.05) is 12.4 Å². The third kappa shape index (κ3) is 2.99. The minimum atomic E-state index is -0.278. The van der Waals surface area contributed by atoms with Gasteiger partial charge in [-0.15, -0.1) is 0 Å². The van der Waals surface area contributed by atoms with Crippen LogP contribution < -0.4 is 10.1 Å². The van der Waals surface area contributed by atoms with Crippen LogP contribution in [-0.2, 0) is 0 Å². The second kappa shape index (κ2) is 6.05. The summed E-state index contributed by atoms with van der Waals surface area (Å²) in [5, 5.41) is 23.0. The minimum absolute atomic E-state index is 0.0546. The highest BCUT2D eigenvalue weighted by atomic mass is 79.9. The van der Waals surface area contributed by atoms with Crippen molar-refractivity contribution in [2.24, 2.45) is 0 Å². The smallest absolute Gasteiger partial charge is 0.142 e. The lowest BCUT2D eigenvalue weighted by Crippen LogP contribution is -2.08. The molecule has 5 heteroatoms. The molecule has 0 aliphatic carbocycles. The predicted molar refractivity (Wildman–Crippen MR) is 82.5 cm³/mol. The molecule has 4 nitrogen and oxygen atoms in total. The number of anilines is 1. The molecule has 0 spiro atoms. The molecular weight excluding hydrogens is 322 g/mol. The molecule has 0 aromatic heterocycles. The van der Waals surface area contributed by atoms with E-state index in [1.807, 2.05) is 25.1 Å². The third-order valence-electron chi connectivity index (χ3n) is 3.03. The molecule has 0 fully saturated rings. The average molecular weight is 338 g/mol. The largest absolute Gasteiger partial charge is 0.507 e. The number of hydrogen-bond donors (Lipinski definition) is 3. The van der Waals surface area contributed by atoms with Crippen LogP contribution >= 0.6 is 15.9 Å². The van der Waals surface area contributed by atoms with Gasteiger partial charge in [-0.25, -0.2) is 0 Å². The molecule has 20 heavy (non-hydrogen) atoms. The second-order valence-corrected chi connectivity index (χ2v) is 5.34. The van der Waals surface area contributed by atoms with Crippen molar-refractivity contribution < 1.29 is 14.9 Å². The van der Waals surface area contributed by atoms with Gasteiger partial charge in [-0.05, 0) is 37.3 Å². The number of phenols is 2. The summed E-state index contributed by atoms with van der Waals surface area (Å²) in [5.41, 5.74) is 1.23. The van der Waals surface area contributed by atoms with Gasteiger partial charge in [-0.3, -0.25) is 0 Å². The number of methoxy groups -OCH3 is 1. The van der Waals surface area contributed by atoms with Crippen LogP contribution in [0.2, 0.25) is 0 Å². The van der Waals surface area contributed by atoms with Gasteiger partial charge in [0.05, 0.1) is 24.4 Å². The number of benzene rings is 2. The zero-order valence-electron chi connectivity index (χ0n) is 11.2. The fourth-order valence-corrected chi connectivity index (χ4v) is 2.44. The lowest BCUT2D eigenvalue weighted by molar-refractivity contribution is 0.415. The molecule has 106 valence electrons. The van der Waals surface area contributed by atoms with E-state index in [1.165, 1.54) is 0 Å². The van der Waals surface area contributed by atoms with Crippen LogP contribution in [0.3, 0.4) is 0 Å². The standard InChI is InChI=1S/C15H16BrNO3/c1-9(15-12(18)4-3-5-13(15)19)17-11-8-10(16)6-7-14(11)20-2/h3-9,17-19H,1-2H3. The summed E-state index contributed by atoms with van der Waals surface area (Å²) in [6, 6.07) is 10.0. The van der Waals surface area contributed by atoms with Crippen molar-refractivity contribution in [2.45, 2.75) is 13.0 Å². The van der Waals surface area contributed by atoms with Crippen molar-refractivity contribution in [1.29, 1.82) is 0 Å². The molecule has 0 aliphatic rings. The lowest BCUT2D eigenvalue weighted by atomic mass is 10.1. The second-order valence-electron chi connectivity index (χ2n) is 4.42. The maximum absolute atomic E-state index is 9.88. The molecule has 0 amide bonds. The number of phenolic OH excluding ortho intramolecular Hbond substituents is 2. The SMILES string of the molecule is COc1ccc(Br)cc1NC(C)c1c(O)cccc1O. The average Bonchev–Trinajstić information content (AvgIpc) is 2.38. The highest BCUT2D eigenvalue weighted by Crippen LogP contribution is 2.36. The topological polar surface area (TPSA) is 61.7 Å². The van der Waals surface area contributed by atoms with Crippen LogP contribution in [0.4, 0.5) is 5.69 Å². The molecule has 0 aliphatic heterocycles. The summed E-state index contributed by atoms with van der Waals surface area (Å²) in [7, 11) is 1.59. The summed E-state index contributed by atoms with van der Waals surface area (Å²) in [4.78, 5) is 0. The zero-order valence-corrected chi connectivity index (χ0v) is 12.8. The van der Waals surface area contributed by atoms with Gasteiger partial charge in [-0.1, -0.05) is 22.0 Å². The lowest BCUT2D eigenvalue weighted by Gasteiger charge is -2.19. The Bertz CT molecular complexity index is 596. The summed E-state index contributed by atoms with van der Waals surface area (Å²) < 4.78 is 6.20. The Balaban J connectivity index is 2.32. The Morgan fingerprint density at radius 3 is 2.40 bits per heavy atom. The van der Waals surface area contributed by atoms with E-state index < -0.39 is 0 Å². The van der Waals surface area contributed by atoms with E-state index in [0.717, 1.165) is 10.2 Å². The first-order valence-electron chi connectivity index (χ1n) is 6.14. The van der Waals surface area contributed by atoms with Gasteiger partial charge in [0.15, 0.2) is 0 Å². The summed E-state index contributed by atoms with van der Waals surface area (Å²) >= 11 is 3.41. The van der Waals surface area contributed by atoms with E-state index in [2.05, 4.69) is 21.2 Å². The van der Waals surface area contributed by atoms with Crippen LogP contribution in [0.1, 0.15) is 18.5 Å². The van der Waals surface area contributed by atoms with Crippen LogP contribution in [0.5, 0.6) is 17.2 Å². The van der Waals surface area contributed by atoms with E-state index in [0.29, 0.717) is 11.3 Å². The molecule has 1 unspecified atom stereocenters. The van der Waals surface area contributed by atoms with E-state index in [1.54, 1.807) is 25.3 Å². The van der Waals surface area contributed by atoms with E-state index in [-0.39, 0.29) is 17.5 Å². The van der Waals surface area contributed by atoms with Gasteiger partial charge >= 0.3 is 0 Å². The van der Waals surface area contributed by atoms with Crippen LogP contribution in [0, 0.1) is 0 Å². The molecule has 2 aromatic carbocycles. The zero-order chi connectivity index (χ0) is 14.7. The highest BCUT2D eigenvalue weighted by Gasteiger charge is 2.16. The third-order valence-corrected chi connectivity index (χ3v) is 3.52. The maximum Gasteiger partial charge on any atom is 0.142 e. The maximum atomic E-state index is 9.88. The molecular formula is C15H16BrNO3. The molecule has 0 heterocycles. The van der Waals surface area contributed by atoms with Gasteiger partial charge in [0.25, 0.3) is 0 Å². The predicted octanol–water partition coefficient (Wildman–Crippen LogP) is 4.04. The Morgan fingerprint density at radius 2 is 1.80 bits per heavy atom. The van der Waals surface area contributed by atoms with Gasteiger partial charge in [0.1, 0.15) is 17.2 Å². The number of aromatic hydroxyl groups is 2. The number of nitrogens with one attached hydrogen (secondary N) is 1. The highest BCUT2D eigenvalue weighted by molar-refractivity contribution is 9.10. The van der Waals surface area contributed by atoms with E-state index >= 15 is 0 Å². The fraction of sp³-hybridized carbons (Fsp3) is 0.200. The van der Waals surface area contributed by atoms with Crippen molar-refractivity contribution in [1.82, 2.24) is 0 Å². The van der Waals surface area contributed by atoms with Gasteiger partial charge in [-0.2, -0.15) is 0 Å². The summed E-state index contributed by atoms with van der Waals surface area (Å²) in [6.07, 6.45) is 0. The Kier molecular flexibility index (Phi) is 4.39. The van der Waals surface area contributed by atoms with Crippen LogP contribution in [0.25, 0.3) is 0 Å². The Labute approximate surface area is 126 Å². The first-order valence-corrected chi connectivity index (χ1v) is 6.93. The first kappa shape index (κ1) is 14.5. The number of ether oxygens (including phenoxy) is 1. The Morgan fingerprint density at radius 1 is 1.15 bits per heavy atom. The normalized spacial score (nSPS) is 11.9. The van der Waals surface area contributed by atoms with E-state index in [4.69, 9.17) is 4.74 Å². The minimum Gasteiger partial charge on any atom is -0.507 e. The fourth-order valence-electron chi connectivity index (χ4n) is 2.08. The molecule has 2 aromatic rings. The molecule has 0 saturated carbocycles. The molecule has 0 bridgehead atoms. The van der Waals surface area contributed by atoms with Crippen molar-refractivity contribution >= 4 is 21.6 Å². The molecule has 0 radical (unpaired) electrons. The molecule has 0 saturated heterocycles. The van der Waals surface area contributed by atoms with Crippen molar-refractivity contribution in [3.8, 4) is 17.2 Å². The van der Waals surface area contributed by atoms with Crippen molar-refractivity contribution in [3.63, 3.8) is 0 Å². The van der Waals surface area contributed by atoms with Gasteiger partial charge < -0.3 is 20.3 Å². The van der Waals surface area contributed by atoms with Crippen LogP contribution in [-0.4, -0.2) is 17.3 Å². The summed E-state index contributed by atoms with van der Waals surface area (Å²) in [6.45, 7) is 1.86. The molecule has 3 N–H and O–H groups in total. The van der Waals surface area contributed by atoms with Crippen molar-refractivity contribution in [3.05, 3.63) is 46.4 Å². The monoisotopic (exact) mass is 337 g/mol.